The molecule has 218 valence electrons. The highest BCUT2D eigenvalue weighted by molar-refractivity contribution is 9.09. The maximum absolute atomic E-state index is 14.3. The lowest BCUT2D eigenvalue weighted by Crippen LogP contribution is -2.56. The Kier molecular flexibility index (Phi) is 10.6. The van der Waals surface area contributed by atoms with Crippen LogP contribution in [0, 0.1) is 11.8 Å². The molecule has 3 aliphatic rings. The maximum Gasteiger partial charge on any atom is 0.247 e. The molecule has 3 saturated heterocycles. The van der Waals surface area contributed by atoms with Gasteiger partial charge in [0.05, 0.1) is 16.6 Å². The molecule has 3 fully saturated rings. The van der Waals surface area contributed by atoms with E-state index in [4.69, 9.17) is 0 Å². The van der Waals surface area contributed by atoms with Crippen LogP contribution >= 0.6 is 27.7 Å². The molecular weight excluding hydrogens is 590 g/mol. The Morgan fingerprint density at radius 1 is 1.12 bits per heavy atom. The van der Waals surface area contributed by atoms with Crippen LogP contribution in [0.4, 0.5) is 0 Å². The monoisotopic (exact) mass is 631 g/mol. The molecule has 7 nitrogen and oxygen atoms in total. The second-order valence-electron chi connectivity index (χ2n) is 11.0. The molecule has 1 N–H and O–H groups in total. The summed E-state index contributed by atoms with van der Waals surface area (Å²) in [6.45, 7) is 12.1. The molecule has 3 aliphatic heterocycles. The number of thioether (sulfide) groups is 1. The molecule has 0 saturated carbocycles. The van der Waals surface area contributed by atoms with Crippen LogP contribution in [-0.2, 0) is 20.9 Å². The second-order valence-corrected chi connectivity index (χ2v) is 13.8. The third-order valence-corrected chi connectivity index (χ3v) is 11.7. The van der Waals surface area contributed by atoms with Crippen molar-refractivity contribution in [3.8, 4) is 0 Å². The van der Waals surface area contributed by atoms with E-state index in [1.54, 1.807) is 33.7 Å². The van der Waals surface area contributed by atoms with E-state index in [0.717, 1.165) is 18.4 Å². The number of likely N-dealkylation sites (tertiary alicyclic amines) is 1. The average molecular weight is 633 g/mol. The van der Waals surface area contributed by atoms with E-state index in [1.807, 2.05) is 35.2 Å². The number of alkyl halides is 1. The SMILES string of the molecule is C=CCN(CCCC)C(=O)C1N(CCCCO)C(=O)[C@@H]2[C@@H](C(=O)N(CC=C)Cc3ccccc3)[C@@H]3SC12CC3Br. The van der Waals surface area contributed by atoms with Crippen LogP contribution in [0.15, 0.2) is 55.6 Å². The fourth-order valence-corrected chi connectivity index (χ4v) is 10.3. The van der Waals surface area contributed by atoms with Crippen LogP contribution in [-0.4, -0.2) is 91.2 Å². The van der Waals surface area contributed by atoms with Crippen LogP contribution in [0.5, 0.6) is 0 Å². The second kappa shape index (κ2) is 13.7. The third kappa shape index (κ3) is 5.79. The number of unbranched alkanes of at least 4 members (excludes halogenated alkanes) is 2. The lowest BCUT2D eigenvalue weighted by atomic mass is 9.70. The molecule has 6 atom stereocenters. The fourth-order valence-electron chi connectivity index (χ4n) is 6.70. The fraction of sp³-hybridized carbons (Fsp3) is 0.581. The first-order valence-corrected chi connectivity index (χ1v) is 16.2. The number of carbonyl (C=O) groups is 3. The van der Waals surface area contributed by atoms with Gasteiger partial charge in [0.25, 0.3) is 0 Å². The molecule has 3 amide bonds. The summed E-state index contributed by atoms with van der Waals surface area (Å²) in [6, 6.07) is 9.21. The predicted molar refractivity (Wildman–Crippen MR) is 164 cm³/mol. The Morgan fingerprint density at radius 2 is 1.82 bits per heavy atom. The molecule has 1 spiro atoms. The van der Waals surface area contributed by atoms with E-state index >= 15 is 0 Å². The summed E-state index contributed by atoms with van der Waals surface area (Å²) >= 11 is 5.54. The highest BCUT2D eigenvalue weighted by Crippen LogP contribution is 2.68. The molecule has 3 heterocycles. The van der Waals surface area contributed by atoms with Crippen LogP contribution in [0.3, 0.4) is 0 Å². The van der Waals surface area contributed by atoms with Crippen molar-refractivity contribution in [2.45, 2.75) is 66.4 Å². The minimum Gasteiger partial charge on any atom is -0.396 e. The predicted octanol–water partition coefficient (Wildman–Crippen LogP) is 4.25. The van der Waals surface area contributed by atoms with Crippen LogP contribution in [0.25, 0.3) is 0 Å². The highest BCUT2D eigenvalue weighted by atomic mass is 79.9. The molecule has 0 aromatic heterocycles. The van der Waals surface area contributed by atoms with Gasteiger partial charge < -0.3 is 19.8 Å². The Balaban J connectivity index is 1.71. The zero-order valence-electron chi connectivity index (χ0n) is 23.4. The number of aliphatic hydroxyl groups excluding tert-OH is 1. The molecule has 9 heteroatoms. The Morgan fingerprint density at radius 3 is 2.48 bits per heavy atom. The van der Waals surface area contributed by atoms with Gasteiger partial charge in [0, 0.05) is 49.4 Å². The molecule has 0 radical (unpaired) electrons. The molecule has 2 bridgehead atoms. The first kappa shape index (κ1) is 30.8. The van der Waals surface area contributed by atoms with Crippen molar-refractivity contribution in [2.24, 2.45) is 11.8 Å². The highest BCUT2D eigenvalue weighted by Gasteiger charge is 2.75. The van der Waals surface area contributed by atoms with E-state index in [1.165, 1.54) is 0 Å². The number of benzene rings is 1. The quantitative estimate of drug-likeness (QED) is 0.178. The number of nitrogens with zero attached hydrogens (tertiary/aromatic N) is 3. The first-order chi connectivity index (χ1) is 19.3. The van der Waals surface area contributed by atoms with E-state index in [-0.39, 0.29) is 34.4 Å². The Bertz CT molecular complexity index is 1090. The first-order valence-electron chi connectivity index (χ1n) is 14.4. The van der Waals surface area contributed by atoms with Crippen molar-refractivity contribution >= 4 is 45.4 Å². The summed E-state index contributed by atoms with van der Waals surface area (Å²) in [5.74, 6) is -1.30. The van der Waals surface area contributed by atoms with Gasteiger partial charge in [-0.15, -0.1) is 24.9 Å². The minimum absolute atomic E-state index is 0.0222. The smallest absolute Gasteiger partial charge is 0.247 e. The number of halogens is 1. The van der Waals surface area contributed by atoms with Crippen molar-refractivity contribution in [3.63, 3.8) is 0 Å². The minimum atomic E-state index is -0.676. The topological polar surface area (TPSA) is 81.2 Å². The van der Waals surface area contributed by atoms with Gasteiger partial charge in [-0.3, -0.25) is 14.4 Å². The van der Waals surface area contributed by atoms with Crippen molar-refractivity contribution < 1.29 is 19.5 Å². The van der Waals surface area contributed by atoms with Crippen LogP contribution in [0.2, 0.25) is 0 Å². The average Bonchev–Trinajstić information content (AvgIpc) is 3.54. The van der Waals surface area contributed by atoms with Crippen molar-refractivity contribution in [1.82, 2.24) is 14.7 Å². The zero-order valence-corrected chi connectivity index (χ0v) is 25.8. The summed E-state index contributed by atoms with van der Waals surface area (Å²) in [6.07, 6.45) is 7.11. The van der Waals surface area contributed by atoms with Gasteiger partial charge >= 0.3 is 0 Å². The van der Waals surface area contributed by atoms with Crippen molar-refractivity contribution in [1.29, 1.82) is 0 Å². The normalized spacial score (nSPS) is 28.4. The van der Waals surface area contributed by atoms with Gasteiger partial charge in [-0.05, 0) is 31.2 Å². The molecule has 3 unspecified atom stereocenters. The van der Waals surface area contributed by atoms with Gasteiger partial charge in [-0.25, -0.2) is 0 Å². The number of amides is 3. The maximum atomic E-state index is 14.3. The molecular formula is C31H42BrN3O4S. The number of hydrogen-bond donors (Lipinski definition) is 1. The van der Waals surface area contributed by atoms with Gasteiger partial charge in [-0.1, -0.05) is 71.8 Å². The number of fused-ring (bicyclic) bond motifs is 1. The van der Waals surface area contributed by atoms with E-state index in [9.17, 15) is 19.5 Å². The number of carbonyl (C=O) groups excluding carboxylic acids is 3. The van der Waals surface area contributed by atoms with Crippen molar-refractivity contribution in [3.05, 3.63) is 61.2 Å². The van der Waals surface area contributed by atoms with Crippen LogP contribution in [0.1, 0.15) is 44.6 Å². The standard InChI is InChI=1S/C31H42BrN3O4S/c1-4-7-17-33(15-5-2)30(39)27-31-20-23(32)26(40-31)24(25(31)29(38)35(27)18-11-12-19-36)28(37)34(16-6-3)21-22-13-9-8-10-14-22/h5-6,8-10,13-14,23-27,36H,2-4,7,11-12,15-21H2,1H3/t23?,24-,25+,26-,27?,31?/m1/s1. The molecule has 0 aliphatic carbocycles. The number of rotatable bonds is 15. The van der Waals surface area contributed by atoms with Gasteiger partial charge in [0.2, 0.25) is 17.7 Å². The third-order valence-electron chi connectivity index (χ3n) is 8.44. The summed E-state index contributed by atoms with van der Waals surface area (Å²) in [5, 5.41) is 9.33. The van der Waals surface area contributed by atoms with E-state index in [0.29, 0.717) is 52.0 Å². The molecule has 40 heavy (non-hydrogen) atoms. The summed E-state index contributed by atoms with van der Waals surface area (Å²) in [4.78, 5) is 48.3. The number of aliphatic hydroxyl groups is 1. The summed E-state index contributed by atoms with van der Waals surface area (Å²) in [5.41, 5.74) is 1.02. The van der Waals surface area contributed by atoms with E-state index < -0.39 is 22.6 Å². The Hall–Kier alpha value is -2.10. The van der Waals surface area contributed by atoms with Gasteiger partial charge in [0.1, 0.15) is 6.04 Å². The largest absolute Gasteiger partial charge is 0.396 e. The van der Waals surface area contributed by atoms with Gasteiger partial charge in [0.15, 0.2) is 0 Å². The number of hydrogen-bond acceptors (Lipinski definition) is 5. The summed E-state index contributed by atoms with van der Waals surface area (Å²) in [7, 11) is 0. The molecule has 4 rings (SSSR count). The van der Waals surface area contributed by atoms with Crippen LogP contribution < -0.4 is 0 Å². The van der Waals surface area contributed by atoms with Gasteiger partial charge in [-0.2, -0.15) is 0 Å². The van der Waals surface area contributed by atoms with E-state index in [2.05, 4.69) is 36.0 Å². The lowest BCUT2D eigenvalue weighted by molar-refractivity contribution is -0.145. The summed E-state index contributed by atoms with van der Waals surface area (Å²) < 4.78 is -0.676. The zero-order chi connectivity index (χ0) is 28.9. The van der Waals surface area contributed by atoms with Crippen molar-refractivity contribution in [2.75, 3.05) is 32.8 Å². The molecule has 1 aromatic rings. The lowest BCUT2D eigenvalue weighted by Gasteiger charge is -2.38. The Labute approximate surface area is 251 Å². The molecule has 1 aromatic carbocycles.